The zero-order valence-electron chi connectivity index (χ0n) is 14.8. The van der Waals surface area contributed by atoms with Crippen LogP contribution in [0.1, 0.15) is 17.5 Å². The van der Waals surface area contributed by atoms with E-state index in [1.807, 2.05) is 43.1 Å². The van der Waals surface area contributed by atoms with Crippen molar-refractivity contribution in [3.63, 3.8) is 0 Å². The molecule has 26 heavy (non-hydrogen) atoms. The van der Waals surface area contributed by atoms with Crippen LogP contribution in [0.15, 0.2) is 36.4 Å². The highest BCUT2D eigenvalue weighted by atomic mass is 32.2. The van der Waals surface area contributed by atoms with Gasteiger partial charge in [0.05, 0.1) is 17.9 Å². The van der Waals surface area contributed by atoms with Gasteiger partial charge in [-0.1, -0.05) is 29.8 Å². The number of anilines is 2. The lowest BCUT2D eigenvalue weighted by atomic mass is 10.1. The van der Waals surface area contributed by atoms with E-state index in [-0.39, 0.29) is 29.9 Å². The molecule has 1 aromatic carbocycles. The van der Waals surface area contributed by atoms with Crippen molar-refractivity contribution in [3.8, 4) is 0 Å². The van der Waals surface area contributed by atoms with Gasteiger partial charge in [0.1, 0.15) is 0 Å². The number of carbonyl (C=O) groups excluding carboxylic acids is 1. The van der Waals surface area contributed by atoms with E-state index < -0.39 is 9.84 Å². The lowest BCUT2D eigenvalue weighted by Gasteiger charge is -2.23. The first-order valence-electron chi connectivity index (χ1n) is 8.45. The van der Waals surface area contributed by atoms with Crippen LogP contribution >= 0.6 is 0 Å². The monoisotopic (exact) mass is 374 g/mol. The molecule has 1 unspecified atom stereocenters. The van der Waals surface area contributed by atoms with Crippen molar-refractivity contribution >= 4 is 27.4 Å². The van der Waals surface area contributed by atoms with E-state index in [1.165, 1.54) is 0 Å². The highest BCUT2D eigenvalue weighted by Crippen LogP contribution is 2.21. The standard InChI is InChI=1S/C18H22N4O3S/c1-13-4-3-5-14(10-13)11-18(23)19-16-6-7-17(21-20-16)22(2)15-8-9-26(24,25)12-15/h3-7,10,15H,8-9,11-12H2,1-2H3,(H,19,20,23). The van der Waals surface area contributed by atoms with Gasteiger partial charge >= 0.3 is 0 Å². The zero-order chi connectivity index (χ0) is 18.7. The summed E-state index contributed by atoms with van der Waals surface area (Å²) >= 11 is 0. The summed E-state index contributed by atoms with van der Waals surface area (Å²) in [7, 11) is -1.14. The number of sulfone groups is 1. The SMILES string of the molecule is Cc1cccc(CC(=O)Nc2ccc(N(C)C3CCS(=O)(=O)C3)nn2)c1. The Morgan fingerprint density at radius 3 is 2.69 bits per heavy atom. The van der Waals surface area contributed by atoms with Crippen LogP contribution < -0.4 is 10.2 Å². The molecular formula is C18H22N4O3S. The fourth-order valence-corrected chi connectivity index (χ4v) is 4.82. The molecule has 1 amide bonds. The molecule has 1 N–H and O–H groups in total. The summed E-state index contributed by atoms with van der Waals surface area (Å²) in [5.74, 6) is 1.15. The predicted octanol–water partition coefficient (Wildman–Crippen LogP) is 1.59. The van der Waals surface area contributed by atoms with Crippen LogP contribution in [0.4, 0.5) is 11.6 Å². The Kier molecular flexibility index (Phi) is 5.22. The van der Waals surface area contributed by atoms with Crippen LogP contribution in [0.3, 0.4) is 0 Å². The largest absolute Gasteiger partial charge is 0.354 e. The Bertz CT molecular complexity index is 897. The molecule has 2 aromatic rings. The number of carbonyl (C=O) groups is 1. The van der Waals surface area contributed by atoms with E-state index in [4.69, 9.17) is 0 Å². The van der Waals surface area contributed by atoms with Gasteiger partial charge < -0.3 is 10.2 Å². The molecule has 0 aliphatic carbocycles. The molecule has 7 nitrogen and oxygen atoms in total. The highest BCUT2D eigenvalue weighted by molar-refractivity contribution is 7.91. The zero-order valence-corrected chi connectivity index (χ0v) is 15.7. The molecule has 1 saturated heterocycles. The Labute approximate surface area is 153 Å². The normalized spacial score (nSPS) is 18.5. The summed E-state index contributed by atoms with van der Waals surface area (Å²) in [6.45, 7) is 1.98. The van der Waals surface area contributed by atoms with Crippen LogP contribution in [-0.4, -0.2) is 49.1 Å². The van der Waals surface area contributed by atoms with Gasteiger partial charge in [-0.05, 0) is 31.0 Å². The minimum Gasteiger partial charge on any atom is -0.354 e. The second-order valence-electron chi connectivity index (χ2n) is 6.66. The third kappa shape index (κ3) is 4.57. The van der Waals surface area contributed by atoms with Crippen LogP contribution in [0.2, 0.25) is 0 Å². The molecule has 3 rings (SSSR count). The van der Waals surface area contributed by atoms with Gasteiger partial charge in [-0.2, -0.15) is 0 Å². The van der Waals surface area contributed by atoms with Gasteiger partial charge in [0, 0.05) is 13.1 Å². The van der Waals surface area contributed by atoms with Crippen molar-refractivity contribution < 1.29 is 13.2 Å². The van der Waals surface area contributed by atoms with Crippen molar-refractivity contribution in [2.24, 2.45) is 0 Å². The number of amides is 1. The van der Waals surface area contributed by atoms with E-state index in [1.54, 1.807) is 12.1 Å². The number of aromatic nitrogens is 2. The summed E-state index contributed by atoms with van der Waals surface area (Å²) in [6, 6.07) is 11.1. The highest BCUT2D eigenvalue weighted by Gasteiger charge is 2.31. The van der Waals surface area contributed by atoms with E-state index in [0.717, 1.165) is 11.1 Å². The first-order valence-corrected chi connectivity index (χ1v) is 10.3. The second-order valence-corrected chi connectivity index (χ2v) is 8.89. The van der Waals surface area contributed by atoms with Gasteiger partial charge in [0.25, 0.3) is 0 Å². The third-order valence-electron chi connectivity index (χ3n) is 4.48. The van der Waals surface area contributed by atoms with Gasteiger partial charge in [-0.3, -0.25) is 4.79 Å². The van der Waals surface area contributed by atoms with Gasteiger partial charge in [0.15, 0.2) is 21.5 Å². The van der Waals surface area contributed by atoms with Crippen molar-refractivity contribution in [2.75, 3.05) is 28.8 Å². The molecule has 0 spiro atoms. The maximum absolute atomic E-state index is 12.1. The smallest absolute Gasteiger partial charge is 0.229 e. The lowest BCUT2D eigenvalue weighted by molar-refractivity contribution is -0.115. The average molecular weight is 374 g/mol. The molecule has 2 heterocycles. The van der Waals surface area contributed by atoms with E-state index in [9.17, 15) is 13.2 Å². The Morgan fingerprint density at radius 2 is 2.08 bits per heavy atom. The molecule has 0 radical (unpaired) electrons. The Hall–Kier alpha value is -2.48. The summed E-state index contributed by atoms with van der Waals surface area (Å²) in [5, 5.41) is 10.9. The minimum absolute atomic E-state index is 0.0870. The number of hydrogen-bond donors (Lipinski definition) is 1. The Balaban J connectivity index is 1.60. The van der Waals surface area contributed by atoms with E-state index in [0.29, 0.717) is 18.1 Å². The second kappa shape index (κ2) is 7.41. The number of benzene rings is 1. The topological polar surface area (TPSA) is 92.3 Å². The van der Waals surface area contributed by atoms with E-state index >= 15 is 0 Å². The van der Waals surface area contributed by atoms with Crippen LogP contribution in [-0.2, 0) is 21.1 Å². The summed E-state index contributed by atoms with van der Waals surface area (Å²) in [5.41, 5.74) is 2.05. The average Bonchev–Trinajstić information content (AvgIpc) is 2.95. The quantitative estimate of drug-likeness (QED) is 0.854. The molecule has 1 aliphatic rings. The molecule has 1 atom stereocenters. The molecule has 8 heteroatoms. The predicted molar refractivity (Wildman–Crippen MR) is 101 cm³/mol. The number of aryl methyl sites for hydroxylation is 1. The molecule has 0 bridgehead atoms. The van der Waals surface area contributed by atoms with Crippen molar-refractivity contribution in [2.45, 2.75) is 25.8 Å². The maximum atomic E-state index is 12.1. The van der Waals surface area contributed by atoms with Crippen LogP contribution in [0.5, 0.6) is 0 Å². The van der Waals surface area contributed by atoms with Crippen molar-refractivity contribution in [3.05, 3.63) is 47.5 Å². The number of rotatable bonds is 5. The number of nitrogens with zero attached hydrogens (tertiary/aromatic N) is 3. The third-order valence-corrected chi connectivity index (χ3v) is 6.23. The molecule has 138 valence electrons. The first kappa shape index (κ1) is 18.3. The molecule has 1 aromatic heterocycles. The van der Waals surface area contributed by atoms with Gasteiger partial charge in [-0.25, -0.2) is 8.42 Å². The van der Waals surface area contributed by atoms with Crippen molar-refractivity contribution in [1.29, 1.82) is 0 Å². The Morgan fingerprint density at radius 1 is 1.27 bits per heavy atom. The molecule has 0 saturated carbocycles. The fourth-order valence-electron chi connectivity index (χ4n) is 3.04. The first-order chi connectivity index (χ1) is 12.3. The fraction of sp³-hybridized carbons (Fsp3) is 0.389. The minimum atomic E-state index is -2.95. The lowest BCUT2D eigenvalue weighted by Crippen LogP contribution is -2.33. The van der Waals surface area contributed by atoms with Crippen molar-refractivity contribution in [1.82, 2.24) is 10.2 Å². The van der Waals surface area contributed by atoms with Gasteiger partial charge in [-0.15, -0.1) is 10.2 Å². The van der Waals surface area contributed by atoms with Gasteiger partial charge in [0.2, 0.25) is 5.91 Å². The summed E-state index contributed by atoms with van der Waals surface area (Å²) in [4.78, 5) is 14.0. The molecule has 1 aliphatic heterocycles. The molecular weight excluding hydrogens is 352 g/mol. The maximum Gasteiger partial charge on any atom is 0.229 e. The van der Waals surface area contributed by atoms with Crippen LogP contribution in [0.25, 0.3) is 0 Å². The summed E-state index contributed by atoms with van der Waals surface area (Å²) < 4.78 is 23.2. The summed E-state index contributed by atoms with van der Waals surface area (Å²) in [6.07, 6.45) is 0.862. The number of nitrogens with one attached hydrogen (secondary N) is 1. The molecule has 1 fully saturated rings. The van der Waals surface area contributed by atoms with E-state index in [2.05, 4.69) is 15.5 Å². The number of hydrogen-bond acceptors (Lipinski definition) is 6. The van der Waals surface area contributed by atoms with Crippen LogP contribution in [0, 0.1) is 6.92 Å².